The molecular formula is C17H17NO2. The Morgan fingerprint density at radius 2 is 2.05 bits per heavy atom. The van der Waals surface area contributed by atoms with Crippen LogP contribution in [0.1, 0.15) is 12.5 Å². The van der Waals surface area contributed by atoms with Gasteiger partial charge in [0.15, 0.2) is 0 Å². The van der Waals surface area contributed by atoms with Crippen LogP contribution in [0, 0.1) is 0 Å². The summed E-state index contributed by atoms with van der Waals surface area (Å²) < 4.78 is 5.00. The molecule has 0 saturated carbocycles. The molecule has 1 amide bonds. The van der Waals surface area contributed by atoms with Gasteiger partial charge in [0.05, 0.1) is 19.4 Å². The van der Waals surface area contributed by atoms with Gasteiger partial charge in [-0.25, -0.2) is 4.79 Å². The van der Waals surface area contributed by atoms with Crippen LogP contribution in [0.5, 0.6) is 0 Å². The van der Waals surface area contributed by atoms with Crippen molar-refractivity contribution in [2.75, 3.05) is 6.61 Å². The Morgan fingerprint density at radius 1 is 1.30 bits per heavy atom. The average Bonchev–Trinajstić information content (AvgIpc) is 2.47. The van der Waals surface area contributed by atoms with Crippen molar-refractivity contribution in [3.63, 3.8) is 0 Å². The molecule has 0 atom stereocenters. The van der Waals surface area contributed by atoms with Gasteiger partial charge in [0.1, 0.15) is 0 Å². The summed E-state index contributed by atoms with van der Waals surface area (Å²) in [6, 6.07) is 14.2. The largest absolute Gasteiger partial charge is 0.449 e. The van der Waals surface area contributed by atoms with Gasteiger partial charge in [-0.3, -0.25) is 4.90 Å². The first kappa shape index (κ1) is 13.9. The van der Waals surface area contributed by atoms with Crippen molar-refractivity contribution in [3.05, 3.63) is 66.5 Å². The molecule has 0 heterocycles. The van der Waals surface area contributed by atoms with E-state index >= 15 is 0 Å². The molecule has 20 heavy (non-hydrogen) atoms. The molecule has 0 aromatic heterocycles. The minimum absolute atomic E-state index is 0.345. The number of hydrogen-bond acceptors (Lipinski definition) is 2. The zero-order chi connectivity index (χ0) is 14.4. The summed E-state index contributed by atoms with van der Waals surface area (Å²) in [4.78, 5) is 13.3. The molecule has 0 saturated heterocycles. The third kappa shape index (κ3) is 3.28. The molecule has 0 fully saturated rings. The number of carbonyl (C=O) groups is 1. The molecule has 102 valence electrons. The lowest BCUT2D eigenvalue weighted by Gasteiger charge is -2.17. The van der Waals surface area contributed by atoms with Gasteiger partial charge < -0.3 is 4.74 Å². The van der Waals surface area contributed by atoms with E-state index in [0.29, 0.717) is 13.2 Å². The quantitative estimate of drug-likeness (QED) is 0.781. The fourth-order valence-corrected chi connectivity index (χ4v) is 2.01. The second-order valence-electron chi connectivity index (χ2n) is 4.34. The fraction of sp³-hybridized carbons (Fsp3) is 0.176. The number of fused-ring (bicyclic) bond motifs is 1. The average molecular weight is 267 g/mol. The van der Waals surface area contributed by atoms with Crippen molar-refractivity contribution in [2.45, 2.75) is 13.5 Å². The standard InChI is InChI=1S/C17H17NO2/c1-3-11-18(17(19)20-4-2)13-14-9-10-15-7-5-6-8-16(15)12-14/h5-12H,1,4,13H2,2H3. The number of carbonyl (C=O) groups excluding carboxylic acids is 1. The van der Waals surface area contributed by atoms with Gasteiger partial charge in [0, 0.05) is 0 Å². The van der Waals surface area contributed by atoms with Crippen LogP contribution in [0.3, 0.4) is 0 Å². The van der Waals surface area contributed by atoms with E-state index in [2.05, 4.69) is 30.5 Å². The molecule has 0 aliphatic carbocycles. The predicted octanol–water partition coefficient (Wildman–Crippen LogP) is 4.10. The van der Waals surface area contributed by atoms with E-state index in [1.54, 1.807) is 6.92 Å². The summed E-state index contributed by atoms with van der Waals surface area (Å²) in [6.45, 7) is 6.07. The smallest absolute Gasteiger partial charge is 0.414 e. The Bertz CT molecular complexity index is 657. The first-order valence-corrected chi connectivity index (χ1v) is 6.51. The summed E-state index contributed by atoms with van der Waals surface area (Å²) in [6.07, 6.45) is 1.12. The van der Waals surface area contributed by atoms with Gasteiger partial charge in [0.25, 0.3) is 0 Å². The Labute approximate surface area is 118 Å². The van der Waals surface area contributed by atoms with Gasteiger partial charge in [-0.1, -0.05) is 43.0 Å². The van der Waals surface area contributed by atoms with Gasteiger partial charge in [0.2, 0.25) is 0 Å². The number of nitrogens with zero attached hydrogens (tertiary/aromatic N) is 1. The lowest BCUT2D eigenvalue weighted by atomic mass is 10.1. The van der Waals surface area contributed by atoms with E-state index in [4.69, 9.17) is 4.74 Å². The number of amides is 1. The lowest BCUT2D eigenvalue weighted by Crippen LogP contribution is -2.25. The van der Waals surface area contributed by atoms with Crippen molar-refractivity contribution in [1.29, 1.82) is 0 Å². The van der Waals surface area contributed by atoms with Crippen molar-refractivity contribution < 1.29 is 9.53 Å². The monoisotopic (exact) mass is 267 g/mol. The summed E-state index contributed by atoms with van der Waals surface area (Å²) in [5, 5.41) is 2.33. The van der Waals surface area contributed by atoms with E-state index in [-0.39, 0.29) is 0 Å². The normalized spacial score (nSPS) is 9.85. The minimum Gasteiger partial charge on any atom is -0.449 e. The van der Waals surface area contributed by atoms with Gasteiger partial charge >= 0.3 is 6.09 Å². The van der Waals surface area contributed by atoms with Gasteiger partial charge in [-0.2, -0.15) is 0 Å². The second-order valence-corrected chi connectivity index (χ2v) is 4.34. The van der Waals surface area contributed by atoms with Crippen LogP contribution < -0.4 is 0 Å². The Morgan fingerprint density at radius 3 is 2.75 bits per heavy atom. The van der Waals surface area contributed by atoms with Crippen LogP contribution in [0.25, 0.3) is 10.8 Å². The lowest BCUT2D eigenvalue weighted by molar-refractivity contribution is 0.120. The van der Waals surface area contributed by atoms with E-state index in [9.17, 15) is 4.79 Å². The van der Waals surface area contributed by atoms with Gasteiger partial charge in [-0.15, -0.1) is 5.73 Å². The molecule has 3 heteroatoms. The van der Waals surface area contributed by atoms with E-state index in [1.807, 2.05) is 24.3 Å². The topological polar surface area (TPSA) is 29.5 Å². The molecule has 0 aliphatic rings. The van der Waals surface area contributed by atoms with Crippen molar-refractivity contribution in [2.24, 2.45) is 0 Å². The van der Waals surface area contributed by atoms with E-state index < -0.39 is 6.09 Å². The molecule has 0 unspecified atom stereocenters. The molecule has 0 aliphatic heterocycles. The maximum atomic E-state index is 11.8. The maximum absolute atomic E-state index is 11.8. The molecule has 2 aromatic carbocycles. The fourth-order valence-electron chi connectivity index (χ4n) is 2.01. The zero-order valence-electron chi connectivity index (χ0n) is 11.5. The number of hydrogen-bond donors (Lipinski definition) is 0. The molecule has 2 rings (SSSR count). The maximum Gasteiger partial charge on any atom is 0.414 e. The third-order valence-corrected chi connectivity index (χ3v) is 2.92. The number of rotatable bonds is 4. The summed E-state index contributed by atoms with van der Waals surface area (Å²) in [5.41, 5.74) is 3.65. The van der Waals surface area contributed by atoms with Crippen molar-refractivity contribution >= 4 is 16.9 Å². The molecule has 0 radical (unpaired) electrons. The first-order chi connectivity index (χ1) is 9.74. The highest BCUT2D eigenvalue weighted by Crippen LogP contribution is 2.17. The molecule has 0 spiro atoms. The molecular weight excluding hydrogens is 250 g/mol. The predicted molar refractivity (Wildman–Crippen MR) is 80.2 cm³/mol. The first-order valence-electron chi connectivity index (χ1n) is 6.51. The van der Waals surface area contributed by atoms with Crippen molar-refractivity contribution in [3.8, 4) is 0 Å². The summed E-state index contributed by atoms with van der Waals surface area (Å²) >= 11 is 0. The SMILES string of the molecule is C=C=CN(Cc1ccc2ccccc2c1)C(=O)OCC. The Kier molecular flexibility index (Phi) is 4.59. The minimum atomic E-state index is -0.392. The van der Waals surface area contributed by atoms with Crippen LogP contribution in [0.15, 0.2) is 61.0 Å². The molecule has 3 nitrogen and oxygen atoms in total. The Hall–Kier alpha value is -2.51. The number of benzene rings is 2. The van der Waals surface area contributed by atoms with Crippen LogP contribution in [-0.4, -0.2) is 17.6 Å². The van der Waals surface area contributed by atoms with E-state index in [0.717, 1.165) is 10.9 Å². The third-order valence-electron chi connectivity index (χ3n) is 2.92. The highest BCUT2D eigenvalue weighted by molar-refractivity contribution is 5.83. The van der Waals surface area contributed by atoms with E-state index in [1.165, 1.54) is 16.5 Å². The Balaban J connectivity index is 2.23. The molecule has 2 aromatic rings. The highest BCUT2D eigenvalue weighted by atomic mass is 16.6. The van der Waals surface area contributed by atoms with Crippen LogP contribution >= 0.6 is 0 Å². The molecule has 0 bridgehead atoms. The molecule has 0 N–H and O–H groups in total. The number of ether oxygens (including phenoxy) is 1. The van der Waals surface area contributed by atoms with Crippen molar-refractivity contribution in [1.82, 2.24) is 4.90 Å². The van der Waals surface area contributed by atoms with Crippen LogP contribution in [0.4, 0.5) is 4.79 Å². The van der Waals surface area contributed by atoms with Gasteiger partial charge in [-0.05, 0) is 29.3 Å². The summed E-state index contributed by atoms with van der Waals surface area (Å²) in [7, 11) is 0. The zero-order valence-corrected chi connectivity index (χ0v) is 11.5. The van der Waals surface area contributed by atoms with Crippen LogP contribution in [-0.2, 0) is 11.3 Å². The highest BCUT2D eigenvalue weighted by Gasteiger charge is 2.12. The van der Waals surface area contributed by atoms with Crippen LogP contribution in [0.2, 0.25) is 0 Å². The summed E-state index contributed by atoms with van der Waals surface area (Å²) in [5.74, 6) is 0. The second kappa shape index (κ2) is 6.60.